The minimum Gasteiger partial charge on any atom is -0.453 e. The van der Waals surface area contributed by atoms with E-state index in [1.54, 1.807) is 12.1 Å². The molecule has 0 aliphatic carbocycles. The van der Waals surface area contributed by atoms with Crippen LogP contribution in [0.1, 0.15) is 36.9 Å². The zero-order valence-corrected chi connectivity index (χ0v) is 10.5. The maximum atomic E-state index is 11.6. The minimum absolute atomic E-state index is 0.108. The Morgan fingerprint density at radius 2 is 1.82 bits per heavy atom. The number of hydrogen-bond donors (Lipinski definition) is 0. The van der Waals surface area contributed by atoms with Gasteiger partial charge >= 0.3 is 0 Å². The fourth-order valence-electron chi connectivity index (χ4n) is 1.44. The summed E-state index contributed by atoms with van der Waals surface area (Å²) in [7, 11) is 0. The summed E-state index contributed by atoms with van der Waals surface area (Å²) < 4.78 is 5.31. The van der Waals surface area contributed by atoms with Crippen LogP contribution in [-0.2, 0) is 0 Å². The number of fused-ring (bicyclic) bond motifs is 1. The van der Waals surface area contributed by atoms with E-state index in [-0.39, 0.29) is 17.0 Å². The van der Waals surface area contributed by atoms with E-state index in [0.717, 1.165) is 5.56 Å². The van der Waals surface area contributed by atoms with Crippen LogP contribution < -0.4 is 5.43 Å². The average Bonchev–Trinajstić information content (AvgIpc) is 2.32. The second-order valence-electron chi connectivity index (χ2n) is 3.53. The van der Waals surface area contributed by atoms with Crippen molar-refractivity contribution in [1.29, 1.82) is 0 Å². The van der Waals surface area contributed by atoms with Crippen LogP contribution in [0, 0.1) is 6.92 Å². The van der Waals surface area contributed by atoms with E-state index in [2.05, 4.69) is 0 Å². The van der Waals surface area contributed by atoms with Gasteiger partial charge in [-0.25, -0.2) is 0 Å². The Balaban J connectivity index is 0.000000686. The van der Waals surface area contributed by atoms with E-state index in [1.165, 1.54) is 13.0 Å². The van der Waals surface area contributed by atoms with Gasteiger partial charge in [0.05, 0.1) is 5.39 Å². The van der Waals surface area contributed by atoms with Gasteiger partial charge in [0.1, 0.15) is 5.58 Å². The Hall–Kier alpha value is -1.90. The van der Waals surface area contributed by atoms with Crippen LogP contribution in [0.4, 0.5) is 0 Å². The molecule has 2 rings (SSSR count). The molecule has 1 heterocycles. The van der Waals surface area contributed by atoms with Gasteiger partial charge in [-0.15, -0.1) is 0 Å². The van der Waals surface area contributed by atoms with Crippen molar-refractivity contribution in [3.63, 3.8) is 0 Å². The Kier molecular flexibility index (Phi) is 4.21. The summed E-state index contributed by atoms with van der Waals surface area (Å²) in [5.41, 5.74) is 1.27. The molecule has 0 aliphatic rings. The second-order valence-corrected chi connectivity index (χ2v) is 3.53. The van der Waals surface area contributed by atoms with Crippen molar-refractivity contribution in [3.8, 4) is 0 Å². The van der Waals surface area contributed by atoms with Crippen LogP contribution in [0.15, 0.2) is 33.5 Å². The summed E-state index contributed by atoms with van der Waals surface area (Å²) in [4.78, 5) is 22.7. The van der Waals surface area contributed by atoms with Crippen LogP contribution in [-0.4, -0.2) is 5.78 Å². The SMILES string of the molecule is CC.CC(=O)c1cc(=O)c2cc(C)ccc2o1. The van der Waals surface area contributed by atoms with Crippen molar-refractivity contribution in [3.05, 3.63) is 45.8 Å². The third-order valence-electron chi connectivity index (χ3n) is 2.23. The highest BCUT2D eigenvalue weighted by molar-refractivity contribution is 5.92. The predicted octanol–water partition coefficient (Wildman–Crippen LogP) is 3.33. The predicted molar refractivity (Wildman–Crippen MR) is 68.6 cm³/mol. The molecule has 1 aromatic carbocycles. The minimum atomic E-state index is -0.241. The maximum Gasteiger partial charge on any atom is 0.195 e. The number of Topliss-reactive ketones (excluding diaryl/α,β-unsaturated/α-hetero) is 1. The molecule has 1 aromatic heterocycles. The first-order chi connectivity index (χ1) is 8.08. The zero-order valence-electron chi connectivity index (χ0n) is 10.5. The fraction of sp³-hybridized carbons (Fsp3) is 0.286. The van der Waals surface area contributed by atoms with Crippen molar-refractivity contribution < 1.29 is 9.21 Å². The lowest BCUT2D eigenvalue weighted by Crippen LogP contribution is -2.04. The van der Waals surface area contributed by atoms with Gasteiger partial charge in [0.25, 0.3) is 0 Å². The molecule has 0 atom stereocenters. The summed E-state index contributed by atoms with van der Waals surface area (Å²) in [6, 6.07) is 6.54. The van der Waals surface area contributed by atoms with Crippen molar-refractivity contribution in [2.24, 2.45) is 0 Å². The molecule has 0 amide bonds. The molecule has 0 spiro atoms. The van der Waals surface area contributed by atoms with Crippen LogP contribution in [0.2, 0.25) is 0 Å². The fourth-order valence-corrected chi connectivity index (χ4v) is 1.44. The molecule has 0 fully saturated rings. The number of hydrogen-bond acceptors (Lipinski definition) is 3. The number of rotatable bonds is 1. The van der Waals surface area contributed by atoms with Gasteiger partial charge in [-0.05, 0) is 19.1 Å². The lowest BCUT2D eigenvalue weighted by atomic mass is 10.1. The molecule has 0 N–H and O–H groups in total. The van der Waals surface area contributed by atoms with Crippen LogP contribution in [0.5, 0.6) is 0 Å². The van der Waals surface area contributed by atoms with Crippen molar-refractivity contribution in [2.75, 3.05) is 0 Å². The normalized spacial score (nSPS) is 9.65. The number of carbonyl (C=O) groups is 1. The monoisotopic (exact) mass is 232 g/mol. The van der Waals surface area contributed by atoms with E-state index in [9.17, 15) is 9.59 Å². The highest BCUT2D eigenvalue weighted by Crippen LogP contribution is 2.14. The zero-order chi connectivity index (χ0) is 13.0. The second kappa shape index (κ2) is 5.43. The molecular weight excluding hydrogens is 216 g/mol. The van der Waals surface area contributed by atoms with Gasteiger partial charge in [-0.3, -0.25) is 9.59 Å². The number of carbonyl (C=O) groups excluding carboxylic acids is 1. The summed E-state index contributed by atoms with van der Waals surface area (Å²) in [5.74, 6) is -0.133. The lowest BCUT2D eigenvalue weighted by Gasteiger charge is -2.00. The Morgan fingerprint density at radius 3 is 2.41 bits per heavy atom. The highest BCUT2D eigenvalue weighted by Gasteiger charge is 2.07. The first kappa shape index (κ1) is 13.2. The molecule has 17 heavy (non-hydrogen) atoms. The van der Waals surface area contributed by atoms with E-state index in [4.69, 9.17) is 4.42 Å². The van der Waals surface area contributed by atoms with Gasteiger partial charge in [-0.2, -0.15) is 0 Å². The molecule has 3 heteroatoms. The van der Waals surface area contributed by atoms with Crippen molar-refractivity contribution >= 4 is 16.8 Å². The van der Waals surface area contributed by atoms with Gasteiger partial charge < -0.3 is 4.42 Å². The van der Waals surface area contributed by atoms with Crippen LogP contribution in [0.25, 0.3) is 11.0 Å². The Morgan fingerprint density at radius 1 is 1.18 bits per heavy atom. The first-order valence-electron chi connectivity index (χ1n) is 5.63. The quantitative estimate of drug-likeness (QED) is 0.708. The van der Waals surface area contributed by atoms with Gasteiger partial charge in [0.2, 0.25) is 0 Å². The van der Waals surface area contributed by atoms with E-state index >= 15 is 0 Å². The number of aryl methyl sites for hydroxylation is 1. The summed E-state index contributed by atoms with van der Waals surface area (Å²) in [6.45, 7) is 7.27. The topological polar surface area (TPSA) is 47.3 Å². The van der Waals surface area contributed by atoms with Gasteiger partial charge in [0.15, 0.2) is 17.0 Å². The molecule has 0 bridgehead atoms. The molecule has 0 radical (unpaired) electrons. The van der Waals surface area contributed by atoms with Gasteiger partial charge in [0, 0.05) is 13.0 Å². The Labute approximate surface area is 100 Å². The summed E-state index contributed by atoms with van der Waals surface area (Å²) >= 11 is 0. The smallest absolute Gasteiger partial charge is 0.195 e. The average molecular weight is 232 g/mol. The molecule has 0 aliphatic heterocycles. The highest BCUT2D eigenvalue weighted by atomic mass is 16.3. The molecule has 90 valence electrons. The number of benzene rings is 1. The van der Waals surface area contributed by atoms with E-state index in [1.807, 2.05) is 26.8 Å². The Bertz CT molecular complexity index is 594. The third-order valence-corrected chi connectivity index (χ3v) is 2.23. The van der Waals surface area contributed by atoms with Gasteiger partial charge in [-0.1, -0.05) is 25.5 Å². The molecular formula is C14H16O3. The first-order valence-corrected chi connectivity index (χ1v) is 5.63. The molecule has 3 nitrogen and oxygen atoms in total. The lowest BCUT2D eigenvalue weighted by molar-refractivity contribution is 0.0988. The van der Waals surface area contributed by atoms with Crippen LogP contribution >= 0.6 is 0 Å². The molecule has 2 aromatic rings. The summed E-state index contributed by atoms with van der Waals surface area (Å²) in [6.07, 6.45) is 0. The van der Waals surface area contributed by atoms with Crippen molar-refractivity contribution in [1.82, 2.24) is 0 Å². The standard InChI is InChI=1S/C12H10O3.C2H6/c1-7-3-4-11-9(5-7)10(14)6-12(15-11)8(2)13;1-2/h3-6H,1-2H3;1-2H3. The maximum absolute atomic E-state index is 11.6. The summed E-state index contributed by atoms with van der Waals surface area (Å²) in [5, 5.41) is 0.514. The van der Waals surface area contributed by atoms with Crippen LogP contribution in [0.3, 0.4) is 0 Å². The van der Waals surface area contributed by atoms with E-state index < -0.39 is 0 Å². The largest absolute Gasteiger partial charge is 0.453 e. The third kappa shape index (κ3) is 2.81. The number of ketones is 1. The molecule has 0 unspecified atom stereocenters. The molecule has 0 saturated heterocycles. The van der Waals surface area contributed by atoms with E-state index in [0.29, 0.717) is 11.0 Å². The molecule has 0 saturated carbocycles. The van der Waals surface area contributed by atoms with Crippen molar-refractivity contribution in [2.45, 2.75) is 27.7 Å².